The van der Waals surface area contributed by atoms with Gasteiger partial charge in [-0.1, -0.05) is 6.92 Å². The summed E-state index contributed by atoms with van der Waals surface area (Å²) in [5.41, 5.74) is 0. The van der Waals surface area contributed by atoms with Crippen molar-refractivity contribution in [2.75, 3.05) is 33.7 Å². The fraction of sp³-hybridized carbons (Fsp3) is 0.909. The van der Waals surface area contributed by atoms with E-state index < -0.39 is 0 Å². The third-order valence-electron chi connectivity index (χ3n) is 3.07. The molecule has 1 aliphatic heterocycles. The average molecular weight is 195 g/mol. The molecule has 0 aromatic rings. The number of rotatable bonds is 4. The minimum atomic E-state index is 0.692. The lowest BCUT2D eigenvalue weighted by Crippen LogP contribution is -2.34. The van der Waals surface area contributed by atoms with Crippen LogP contribution in [0, 0.1) is 17.2 Å². The largest absolute Gasteiger partial charge is 0.305 e. The first-order chi connectivity index (χ1) is 6.65. The zero-order valence-electron chi connectivity index (χ0n) is 9.53. The Kier molecular flexibility index (Phi) is 4.37. The van der Waals surface area contributed by atoms with E-state index in [4.69, 9.17) is 5.26 Å². The van der Waals surface area contributed by atoms with Crippen molar-refractivity contribution in [3.8, 4) is 6.07 Å². The Hall–Kier alpha value is -0.590. The van der Waals surface area contributed by atoms with Crippen LogP contribution < -0.4 is 0 Å². The van der Waals surface area contributed by atoms with Crippen LogP contribution in [-0.4, -0.2) is 49.6 Å². The van der Waals surface area contributed by atoms with Crippen molar-refractivity contribution in [1.29, 1.82) is 5.26 Å². The number of unbranched alkanes of at least 4 members (excludes halogenated alkanes) is 1. The Bertz CT molecular complexity index is 207. The first-order valence-electron chi connectivity index (χ1n) is 5.41. The van der Waals surface area contributed by atoms with E-state index >= 15 is 0 Å². The van der Waals surface area contributed by atoms with Crippen LogP contribution in [0.4, 0.5) is 0 Å². The summed E-state index contributed by atoms with van der Waals surface area (Å²) in [7, 11) is 4.31. The number of hydrogen-bond donors (Lipinski definition) is 0. The van der Waals surface area contributed by atoms with Gasteiger partial charge in [0.15, 0.2) is 0 Å². The van der Waals surface area contributed by atoms with Gasteiger partial charge >= 0.3 is 0 Å². The summed E-state index contributed by atoms with van der Waals surface area (Å²) in [6.45, 7) is 5.76. The van der Waals surface area contributed by atoms with Gasteiger partial charge in [-0.25, -0.2) is 0 Å². The Labute approximate surface area is 87.3 Å². The maximum absolute atomic E-state index is 8.46. The van der Waals surface area contributed by atoms with Gasteiger partial charge in [-0.3, -0.25) is 0 Å². The predicted octanol–water partition coefficient (Wildman–Crippen LogP) is 1.17. The summed E-state index contributed by atoms with van der Waals surface area (Å²) in [5.74, 6) is 0.757. The van der Waals surface area contributed by atoms with Gasteiger partial charge in [-0.05, 0) is 33.0 Å². The second-order valence-corrected chi connectivity index (χ2v) is 4.53. The third kappa shape index (κ3) is 2.97. The van der Waals surface area contributed by atoms with Gasteiger partial charge in [0.2, 0.25) is 0 Å². The van der Waals surface area contributed by atoms with Crippen molar-refractivity contribution >= 4 is 0 Å². The van der Waals surface area contributed by atoms with Gasteiger partial charge in [0.05, 0.1) is 6.07 Å². The molecule has 0 amide bonds. The molecular formula is C11H21N3. The van der Waals surface area contributed by atoms with E-state index in [1.165, 1.54) is 13.1 Å². The topological polar surface area (TPSA) is 30.3 Å². The minimum absolute atomic E-state index is 0.692. The van der Waals surface area contributed by atoms with E-state index in [9.17, 15) is 0 Å². The first kappa shape index (κ1) is 11.5. The molecule has 0 N–H and O–H groups in total. The Morgan fingerprint density at radius 2 is 2.14 bits per heavy atom. The van der Waals surface area contributed by atoms with Crippen LogP contribution in [0.2, 0.25) is 0 Å². The van der Waals surface area contributed by atoms with Crippen LogP contribution in [0.5, 0.6) is 0 Å². The number of nitriles is 1. The molecule has 1 rings (SSSR count). The molecule has 80 valence electrons. The fourth-order valence-corrected chi connectivity index (χ4v) is 2.28. The molecule has 14 heavy (non-hydrogen) atoms. The number of likely N-dealkylation sites (N-methyl/N-ethyl adjacent to an activating group) is 1. The van der Waals surface area contributed by atoms with Gasteiger partial charge in [-0.15, -0.1) is 0 Å². The maximum atomic E-state index is 8.46. The van der Waals surface area contributed by atoms with E-state index in [1.807, 2.05) is 0 Å². The highest BCUT2D eigenvalue weighted by Crippen LogP contribution is 2.19. The molecule has 3 nitrogen and oxygen atoms in total. The molecule has 0 aromatic carbocycles. The maximum Gasteiger partial charge on any atom is 0.0622 e. The first-order valence-corrected chi connectivity index (χ1v) is 5.41. The third-order valence-corrected chi connectivity index (χ3v) is 3.07. The van der Waals surface area contributed by atoms with Crippen molar-refractivity contribution in [3.05, 3.63) is 0 Å². The molecule has 1 aliphatic rings. The summed E-state index contributed by atoms with van der Waals surface area (Å²) in [6.07, 6.45) is 1.71. The molecule has 3 heteroatoms. The molecule has 0 spiro atoms. The Morgan fingerprint density at radius 3 is 2.64 bits per heavy atom. The van der Waals surface area contributed by atoms with E-state index in [0.717, 1.165) is 18.9 Å². The lowest BCUT2D eigenvalue weighted by Gasteiger charge is -2.22. The van der Waals surface area contributed by atoms with Crippen LogP contribution in [0.25, 0.3) is 0 Å². The van der Waals surface area contributed by atoms with Crippen LogP contribution in [-0.2, 0) is 0 Å². The van der Waals surface area contributed by atoms with Crippen LogP contribution in [0.1, 0.15) is 19.8 Å². The smallest absolute Gasteiger partial charge is 0.0622 e. The molecular weight excluding hydrogens is 174 g/mol. The Balaban J connectivity index is 2.28. The highest BCUT2D eigenvalue weighted by molar-refractivity contribution is 4.86. The van der Waals surface area contributed by atoms with Crippen LogP contribution in [0.15, 0.2) is 0 Å². The molecule has 1 fully saturated rings. The van der Waals surface area contributed by atoms with Gasteiger partial charge in [0.1, 0.15) is 0 Å². The molecule has 0 saturated carbocycles. The molecule has 0 aliphatic carbocycles. The highest BCUT2D eigenvalue weighted by Gasteiger charge is 2.30. The molecule has 0 aromatic heterocycles. The number of hydrogen-bond acceptors (Lipinski definition) is 3. The quantitative estimate of drug-likeness (QED) is 0.631. The van der Waals surface area contributed by atoms with E-state index in [2.05, 4.69) is 36.9 Å². The minimum Gasteiger partial charge on any atom is -0.305 e. The summed E-state index contributed by atoms with van der Waals surface area (Å²) >= 11 is 0. The predicted molar refractivity (Wildman–Crippen MR) is 57.9 cm³/mol. The highest BCUT2D eigenvalue weighted by atomic mass is 15.2. The number of nitrogens with zero attached hydrogens (tertiary/aromatic N) is 3. The Morgan fingerprint density at radius 1 is 1.43 bits per heavy atom. The summed E-state index contributed by atoms with van der Waals surface area (Å²) < 4.78 is 0. The van der Waals surface area contributed by atoms with Crippen molar-refractivity contribution in [1.82, 2.24) is 9.80 Å². The second-order valence-electron chi connectivity index (χ2n) is 4.53. The number of likely N-dealkylation sites (tertiary alicyclic amines) is 1. The van der Waals surface area contributed by atoms with Crippen LogP contribution in [0.3, 0.4) is 0 Å². The zero-order valence-corrected chi connectivity index (χ0v) is 9.53. The molecule has 1 saturated heterocycles. The second kappa shape index (κ2) is 5.33. The van der Waals surface area contributed by atoms with Crippen LogP contribution >= 0.6 is 0 Å². The van der Waals surface area contributed by atoms with E-state index in [0.29, 0.717) is 12.5 Å². The van der Waals surface area contributed by atoms with E-state index in [-0.39, 0.29) is 0 Å². The fourth-order valence-electron chi connectivity index (χ4n) is 2.28. The SMILES string of the molecule is CC1CN(CCCC#N)CC1N(C)C. The summed E-state index contributed by atoms with van der Waals surface area (Å²) in [5, 5.41) is 8.46. The summed E-state index contributed by atoms with van der Waals surface area (Å²) in [6, 6.07) is 2.89. The van der Waals surface area contributed by atoms with Gasteiger partial charge in [0, 0.05) is 25.6 Å². The lowest BCUT2D eigenvalue weighted by molar-refractivity contribution is 0.251. The molecule has 2 atom stereocenters. The van der Waals surface area contributed by atoms with Crippen molar-refractivity contribution in [2.45, 2.75) is 25.8 Å². The molecule has 1 heterocycles. The average Bonchev–Trinajstić information content (AvgIpc) is 2.47. The standard InChI is InChI=1S/C11H21N3/c1-10-8-14(7-5-4-6-12)9-11(10)13(2)3/h10-11H,4-5,7-9H2,1-3H3. The lowest BCUT2D eigenvalue weighted by atomic mass is 10.1. The van der Waals surface area contributed by atoms with Gasteiger partial charge in [-0.2, -0.15) is 5.26 Å². The zero-order chi connectivity index (χ0) is 10.6. The molecule has 0 bridgehead atoms. The van der Waals surface area contributed by atoms with Crippen molar-refractivity contribution in [2.24, 2.45) is 5.92 Å². The van der Waals surface area contributed by atoms with Gasteiger partial charge in [0.25, 0.3) is 0 Å². The monoisotopic (exact) mass is 195 g/mol. The van der Waals surface area contributed by atoms with E-state index in [1.54, 1.807) is 0 Å². The molecule has 0 radical (unpaired) electrons. The van der Waals surface area contributed by atoms with Gasteiger partial charge < -0.3 is 9.80 Å². The molecule has 2 unspecified atom stereocenters. The van der Waals surface area contributed by atoms with Crippen molar-refractivity contribution < 1.29 is 0 Å². The normalized spacial score (nSPS) is 28.2. The van der Waals surface area contributed by atoms with Crippen molar-refractivity contribution in [3.63, 3.8) is 0 Å². The summed E-state index contributed by atoms with van der Waals surface area (Å²) in [4.78, 5) is 4.79.